The molecule has 2 heterocycles. The second-order valence-corrected chi connectivity index (χ2v) is 7.64. The Labute approximate surface area is 180 Å². The van der Waals surface area contributed by atoms with Crippen LogP contribution in [0, 0.1) is 6.92 Å². The van der Waals surface area contributed by atoms with Gasteiger partial charge in [-0.1, -0.05) is 29.8 Å². The molecule has 1 fully saturated rings. The Hall–Kier alpha value is -3.75. The first-order valence-electron chi connectivity index (χ1n) is 10.3. The molecule has 0 aliphatic carbocycles. The molecule has 31 heavy (non-hydrogen) atoms. The van der Waals surface area contributed by atoms with Crippen LogP contribution in [-0.2, 0) is 7.05 Å². The third-order valence-corrected chi connectivity index (χ3v) is 5.33. The Kier molecular flexibility index (Phi) is 5.92. The average Bonchev–Trinajstić information content (AvgIpc) is 3.04. The van der Waals surface area contributed by atoms with Crippen LogP contribution in [0.4, 0.5) is 10.5 Å². The molecule has 1 aliphatic heterocycles. The molecule has 1 aromatic heterocycles. The van der Waals surface area contributed by atoms with Crippen molar-refractivity contribution >= 4 is 17.6 Å². The van der Waals surface area contributed by atoms with Crippen molar-refractivity contribution in [3.63, 3.8) is 0 Å². The summed E-state index contributed by atoms with van der Waals surface area (Å²) in [4.78, 5) is 29.3. The van der Waals surface area contributed by atoms with Gasteiger partial charge in [0.25, 0.3) is 5.91 Å². The van der Waals surface area contributed by atoms with E-state index in [1.54, 1.807) is 16.6 Å². The van der Waals surface area contributed by atoms with Crippen molar-refractivity contribution in [1.82, 2.24) is 30.0 Å². The number of hydrogen-bond acceptors (Lipinski definition) is 5. The molecule has 3 aromatic rings. The zero-order chi connectivity index (χ0) is 21.8. The van der Waals surface area contributed by atoms with Crippen LogP contribution < -0.4 is 5.32 Å². The number of anilines is 1. The summed E-state index contributed by atoms with van der Waals surface area (Å²) in [5, 5.41) is 14.5. The van der Waals surface area contributed by atoms with E-state index in [1.807, 2.05) is 60.4 Å². The molecule has 1 aliphatic rings. The monoisotopic (exact) mass is 419 g/mol. The highest BCUT2D eigenvalue weighted by Crippen LogP contribution is 2.20. The molecule has 9 nitrogen and oxygen atoms in total. The minimum Gasteiger partial charge on any atom is -0.337 e. The second-order valence-electron chi connectivity index (χ2n) is 7.64. The Morgan fingerprint density at radius 2 is 1.74 bits per heavy atom. The molecule has 3 amide bonds. The fourth-order valence-electron chi connectivity index (χ4n) is 3.70. The molecule has 1 saturated heterocycles. The smallest absolute Gasteiger partial charge is 0.321 e. The highest BCUT2D eigenvalue weighted by atomic mass is 16.2. The molecule has 0 spiro atoms. The fourth-order valence-corrected chi connectivity index (χ4v) is 3.70. The van der Waals surface area contributed by atoms with Crippen molar-refractivity contribution in [3.05, 3.63) is 59.7 Å². The molecule has 0 unspecified atom stereocenters. The van der Waals surface area contributed by atoms with Crippen molar-refractivity contribution in [2.45, 2.75) is 13.3 Å². The van der Waals surface area contributed by atoms with E-state index in [4.69, 9.17) is 0 Å². The molecule has 160 valence electrons. The van der Waals surface area contributed by atoms with Crippen molar-refractivity contribution < 1.29 is 9.59 Å². The first kappa shape index (κ1) is 20.5. The maximum absolute atomic E-state index is 12.8. The van der Waals surface area contributed by atoms with Gasteiger partial charge in [-0.3, -0.25) is 4.79 Å². The number of benzene rings is 2. The van der Waals surface area contributed by atoms with E-state index < -0.39 is 0 Å². The summed E-state index contributed by atoms with van der Waals surface area (Å²) in [7, 11) is 1.77. The predicted octanol–water partition coefficient (Wildman–Crippen LogP) is 2.57. The number of hydrogen-bond donors (Lipinski definition) is 1. The molecule has 0 saturated carbocycles. The van der Waals surface area contributed by atoms with Crippen LogP contribution in [0.1, 0.15) is 22.3 Å². The van der Waals surface area contributed by atoms with Gasteiger partial charge in [-0.2, -0.15) is 0 Å². The predicted molar refractivity (Wildman–Crippen MR) is 117 cm³/mol. The van der Waals surface area contributed by atoms with Gasteiger partial charge in [0.15, 0.2) is 5.82 Å². The average molecular weight is 419 g/mol. The Morgan fingerprint density at radius 1 is 0.968 bits per heavy atom. The van der Waals surface area contributed by atoms with Crippen LogP contribution in [0.2, 0.25) is 0 Å². The molecule has 0 bridgehead atoms. The standard InChI is InChI=1S/C22H25N7O2/c1-16-6-3-8-18(14-16)21(30)28-10-5-11-29(13-12-28)22(31)23-19-9-4-7-17(15-19)20-24-25-26-27(20)2/h3-4,6-9,14-15H,5,10-13H2,1-2H3,(H,23,31). The first-order chi connectivity index (χ1) is 15.0. The van der Waals surface area contributed by atoms with Gasteiger partial charge in [-0.15, -0.1) is 5.10 Å². The van der Waals surface area contributed by atoms with Crippen LogP contribution >= 0.6 is 0 Å². The van der Waals surface area contributed by atoms with E-state index in [0.29, 0.717) is 43.3 Å². The largest absolute Gasteiger partial charge is 0.337 e. The zero-order valence-corrected chi connectivity index (χ0v) is 17.7. The second kappa shape index (κ2) is 8.95. The van der Waals surface area contributed by atoms with Crippen LogP contribution in [0.25, 0.3) is 11.4 Å². The van der Waals surface area contributed by atoms with Crippen LogP contribution in [0.5, 0.6) is 0 Å². The normalized spacial score (nSPS) is 14.3. The van der Waals surface area contributed by atoms with Crippen molar-refractivity contribution in [3.8, 4) is 11.4 Å². The third-order valence-electron chi connectivity index (χ3n) is 5.33. The van der Waals surface area contributed by atoms with Crippen molar-refractivity contribution in [2.24, 2.45) is 7.05 Å². The van der Waals surface area contributed by atoms with Gasteiger partial charge in [0.1, 0.15) is 0 Å². The number of carbonyl (C=O) groups excluding carboxylic acids is 2. The Balaban J connectivity index is 1.39. The Morgan fingerprint density at radius 3 is 2.52 bits per heavy atom. The summed E-state index contributed by atoms with van der Waals surface area (Å²) < 4.78 is 1.58. The van der Waals surface area contributed by atoms with Gasteiger partial charge in [-0.05, 0) is 48.0 Å². The molecular weight excluding hydrogens is 394 g/mol. The summed E-state index contributed by atoms with van der Waals surface area (Å²) >= 11 is 0. The number of carbonyl (C=O) groups is 2. The molecule has 9 heteroatoms. The van der Waals surface area contributed by atoms with E-state index in [1.165, 1.54) is 0 Å². The summed E-state index contributed by atoms with van der Waals surface area (Å²) in [6.07, 6.45) is 0.732. The van der Waals surface area contributed by atoms with Gasteiger partial charge >= 0.3 is 6.03 Å². The lowest BCUT2D eigenvalue weighted by molar-refractivity contribution is 0.0762. The summed E-state index contributed by atoms with van der Waals surface area (Å²) in [5.74, 6) is 0.632. The Bertz CT molecular complexity index is 1090. The lowest BCUT2D eigenvalue weighted by Gasteiger charge is -2.22. The van der Waals surface area contributed by atoms with Gasteiger partial charge in [0.2, 0.25) is 0 Å². The minimum atomic E-state index is -0.182. The maximum Gasteiger partial charge on any atom is 0.321 e. The van der Waals surface area contributed by atoms with Gasteiger partial charge in [-0.25, -0.2) is 9.48 Å². The number of amides is 3. The van der Waals surface area contributed by atoms with Gasteiger partial charge in [0, 0.05) is 50.0 Å². The molecule has 2 aromatic carbocycles. The molecular formula is C22H25N7O2. The third kappa shape index (κ3) is 4.71. The highest BCUT2D eigenvalue weighted by molar-refractivity contribution is 5.94. The van der Waals surface area contributed by atoms with Gasteiger partial charge in [0.05, 0.1) is 0 Å². The zero-order valence-electron chi connectivity index (χ0n) is 17.7. The van der Waals surface area contributed by atoms with Crippen molar-refractivity contribution in [2.75, 3.05) is 31.5 Å². The molecule has 4 rings (SSSR count). The van der Waals surface area contributed by atoms with Crippen LogP contribution in [0.3, 0.4) is 0 Å². The lowest BCUT2D eigenvalue weighted by Crippen LogP contribution is -2.39. The fraction of sp³-hybridized carbons (Fsp3) is 0.318. The van der Waals surface area contributed by atoms with Gasteiger partial charge < -0.3 is 15.1 Å². The number of urea groups is 1. The van der Waals surface area contributed by atoms with E-state index >= 15 is 0 Å². The number of nitrogens with one attached hydrogen (secondary N) is 1. The van der Waals surface area contributed by atoms with Crippen molar-refractivity contribution in [1.29, 1.82) is 0 Å². The van der Waals surface area contributed by atoms with E-state index in [2.05, 4.69) is 20.8 Å². The lowest BCUT2D eigenvalue weighted by atomic mass is 10.1. The summed E-state index contributed by atoms with van der Waals surface area (Å²) in [6.45, 7) is 4.18. The SMILES string of the molecule is Cc1cccc(C(=O)N2CCCN(C(=O)Nc3cccc(-c4nnnn4C)c3)CC2)c1. The molecule has 0 radical (unpaired) electrons. The van der Waals surface area contributed by atoms with E-state index in [-0.39, 0.29) is 11.9 Å². The first-order valence-corrected chi connectivity index (χ1v) is 10.3. The number of nitrogens with zero attached hydrogens (tertiary/aromatic N) is 6. The molecule has 0 atom stereocenters. The molecule has 1 N–H and O–H groups in total. The minimum absolute atomic E-state index is 0.0101. The van der Waals surface area contributed by atoms with E-state index in [0.717, 1.165) is 17.5 Å². The number of rotatable bonds is 3. The highest BCUT2D eigenvalue weighted by Gasteiger charge is 2.23. The van der Waals surface area contributed by atoms with Crippen LogP contribution in [-0.4, -0.2) is 68.1 Å². The van der Waals surface area contributed by atoms with Crippen LogP contribution in [0.15, 0.2) is 48.5 Å². The quantitative estimate of drug-likeness (QED) is 0.704. The number of aromatic nitrogens is 4. The maximum atomic E-state index is 12.8. The number of tetrazole rings is 1. The summed E-state index contributed by atoms with van der Waals surface area (Å²) in [6, 6.07) is 14.8. The topological polar surface area (TPSA) is 96.2 Å². The van der Waals surface area contributed by atoms with E-state index in [9.17, 15) is 9.59 Å². The number of aryl methyl sites for hydroxylation is 2. The summed E-state index contributed by atoms with van der Waals surface area (Å²) in [5.41, 5.74) is 3.23.